The van der Waals surface area contributed by atoms with E-state index in [1.807, 2.05) is 0 Å². The van der Waals surface area contributed by atoms with Gasteiger partial charge in [-0.25, -0.2) is 0 Å². The lowest BCUT2D eigenvalue weighted by Gasteiger charge is -2.08. The van der Waals surface area contributed by atoms with Crippen LogP contribution in [0.25, 0.3) is 0 Å². The summed E-state index contributed by atoms with van der Waals surface area (Å²) in [6.07, 6.45) is 0. The molecule has 0 saturated heterocycles. The van der Waals surface area contributed by atoms with E-state index in [-0.39, 0.29) is 5.78 Å². The molecule has 4 heteroatoms. The minimum atomic E-state index is -0.0721. The molecule has 1 rings (SSSR count). The number of halogens is 1. The van der Waals surface area contributed by atoms with Crippen molar-refractivity contribution >= 4 is 27.4 Å². The van der Waals surface area contributed by atoms with Crippen LogP contribution in [-0.4, -0.2) is 12.9 Å². The van der Waals surface area contributed by atoms with Gasteiger partial charge < -0.3 is 10.5 Å². The molecule has 0 heterocycles. The molecule has 1 aromatic rings. The highest BCUT2D eigenvalue weighted by atomic mass is 79.9. The first-order valence-corrected chi connectivity index (χ1v) is 4.49. The van der Waals surface area contributed by atoms with Gasteiger partial charge in [-0.3, -0.25) is 4.79 Å². The highest BCUT2D eigenvalue weighted by Crippen LogP contribution is 2.29. The molecular weight excluding hydrogens is 234 g/mol. The number of nitrogens with two attached hydrogens (primary N) is 1. The zero-order valence-corrected chi connectivity index (χ0v) is 9.01. The Hall–Kier alpha value is -1.03. The van der Waals surface area contributed by atoms with Crippen LogP contribution in [0.4, 0.5) is 5.69 Å². The van der Waals surface area contributed by atoms with E-state index in [1.165, 1.54) is 14.0 Å². The Bertz CT molecular complexity index is 350. The highest BCUT2D eigenvalue weighted by Gasteiger charge is 2.10. The van der Waals surface area contributed by atoms with Gasteiger partial charge in [-0.2, -0.15) is 0 Å². The van der Waals surface area contributed by atoms with Gasteiger partial charge in [0.05, 0.1) is 12.8 Å². The average Bonchev–Trinajstić information content (AvgIpc) is 2.08. The molecule has 0 saturated carbocycles. The molecule has 2 N–H and O–H groups in total. The molecule has 70 valence electrons. The number of rotatable bonds is 2. The maximum atomic E-state index is 11.1. The van der Waals surface area contributed by atoms with E-state index >= 15 is 0 Å². The average molecular weight is 244 g/mol. The monoisotopic (exact) mass is 243 g/mol. The van der Waals surface area contributed by atoms with Gasteiger partial charge >= 0.3 is 0 Å². The Morgan fingerprint density at radius 3 is 2.62 bits per heavy atom. The van der Waals surface area contributed by atoms with E-state index in [9.17, 15) is 4.79 Å². The molecule has 0 atom stereocenters. The molecule has 0 aliphatic heterocycles. The Labute approximate surface area is 85.0 Å². The summed E-state index contributed by atoms with van der Waals surface area (Å²) in [4.78, 5) is 11.1. The van der Waals surface area contributed by atoms with Crippen molar-refractivity contribution in [2.45, 2.75) is 6.92 Å². The maximum Gasteiger partial charge on any atom is 0.162 e. The number of methoxy groups -OCH3 is 1. The summed E-state index contributed by atoms with van der Waals surface area (Å²) in [6, 6.07) is 3.40. The summed E-state index contributed by atoms with van der Waals surface area (Å²) < 4.78 is 5.79. The largest absolute Gasteiger partial charge is 0.495 e. The summed E-state index contributed by atoms with van der Waals surface area (Å²) in [5, 5.41) is 0. The van der Waals surface area contributed by atoms with Crippen molar-refractivity contribution in [1.82, 2.24) is 0 Å². The van der Waals surface area contributed by atoms with Gasteiger partial charge in [-0.1, -0.05) is 15.9 Å². The van der Waals surface area contributed by atoms with Crippen molar-refractivity contribution in [3.8, 4) is 5.75 Å². The molecule has 13 heavy (non-hydrogen) atoms. The number of benzene rings is 1. The smallest absolute Gasteiger partial charge is 0.162 e. The molecule has 0 spiro atoms. The second-order valence-corrected chi connectivity index (χ2v) is 3.54. The lowest BCUT2D eigenvalue weighted by Crippen LogP contribution is -2.02. The topological polar surface area (TPSA) is 52.3 Å². The first-order valence-electron chi connectivity index (χ1n) is 3.70. The van der Waals surface area contributed by atoms with E-state index in [4.69, 9.17) is 10.5 Å². The normalized spacial score (nSPS) is 9.77. The molecule has 0 aliphatic rings. The van der Waals surface area contributed by atoms with Gasteiger partial charge in [0.1, 0.15) is 5.75 Å². The number of ether oxygens (including phenoxy) is 1. The van der Waals surface area contributed by atoms with Gasteiger partial charge in [-0.15, -0.1) is 0 Å². The predicted octanol–water partition coefficient (Wildman–Crippen LogP) is 2.24. The summed E-state index contributed by atoms with van der Waals surface area (Å²) in [7, 11) is 1.52. The van der Waals surface area contributed by atoms with E-state index in [2.05, 4.69) is 15.9 Å². The number of hydrogen-bond acceptors (Lipinski definition) is 3. The molecule has 0 amide bonds. The second kappa shape index (κ2) is 3.79. The van der Waals surface area contributed by atoms with E-state index < -0.39 is 0 Å². The van der Waals surface area contributed by atoms with Gasteiger partial charge in [0.25, 0.3) is 0 Å². The Morgan fingerprint density at radius 2 is 2.15 bits per heavy atom. The van der Waals surface area contributed by atoms with E-state index in [0.29, 0.717) is 17.0 Å². The standard InChI is InChI=1S/C9H10BrNO2/c1-5(12)7-3-6(10)4-8(13-2)9(7)11/h3-4H,11H2,1-2H3. The lowest BCUT2D eigenvalue weighted by molar-refractivity contribution is 0.101. The number of carbonyl (C=O) groups excluding carboxylic acids is 1. The Balaban J connectivity index is 3.35. The van der Waals surface area contributed by atoms with Crippen LogP contribution in [0.2, 0.25) is 0 Å². The molecule has 1 aromatic carbocycles. The summed E-state index contributed by atoms with van der Waals surface area (Å²) in [6.45, 7) is 1.47. The molecule has 0 aromatic heterocycles. The molecular formula is C9H10BrNO2. The lowest BCUT2D eigenvalue weighted by atomic mass is 10.1. The number of nitrogen functional groups attached to an aromatic ring is 1. The van der Waals surface area contributed by atoms with Crippen molar-refractivity contribution in [3.63, 3.8) is 0 Å². The zero-order valence-electron chi connectivity index (χ0n) is 7.43. The summed E-state index contributed by atoms with van der Waals surface area (Å²) >= 11 is 3.27. The summed E-state index contributed by atoms with van der Waals surface area (Å²) in [5.74, 6) is 0.441. The van der Waals surface area contributed by atoms with Gasteiger partial charge in [0, 0.05) is 10.0 Å². The Morgan fingerprint density at radius 1 is 1.54 bits per heavy atom. The van der Waals surface area contributed by atoms with Crippen molar-refractivity contribution < 1.29 is 9.53 Å². The fourth-order valence-electron chi connectivity index (χ4n) is 1.05. The van der Waals surface area contributed by atoms with E-state index in [1.54, 1.807) is 12.1 Å². The molecule has 0 fully saturated rings. The minimum absolute atomic E-state index is 0.0721. The third kappa shape index (κ3) is 2.01. The van der Waals surface area contributed by atoms with Crippen molar-refractivity contribution in [2.75, 3.05) is 12.8 Å². The van der Waals surface area contributed by atoms with Gasteiger partial charge in [0.2, 0.25) is 0 Å². The second-order valence-electron chi connectivity index (χ2n) is 2.63. The summed E-state index contributed by atoms with van der Waals surface area (Å²) in [5.41, 5.74) is 6.56. The predicted molar refractivity (Wildman–Crippen MR) is 55.1 cm³/mol. The van der Waals surface area contributed by atoms with Crippen LogP contribution in [0, 0.1) is 0 Å². The van der Waals surface area contributed by atoms with Crippen molar-refractivity contribution in [2.24, 2.45) is 0 Å². The van der Waals surface area contributed by atoms with Gasteiger partial charge in [-0.05, 0) is 19.1 Å². The van der Waals surface area contributed by atoms with Crippen molar-refractivity contribution in [1.29, 1.82) is 0 Å². The fraction of sp³-hybridized carbons (Fsp3) is 0.222. The number of ketones is 1. The molecule has 0 bridgehead atoms. The van der Waals surface area contributed by atoms with E-state index in [0.717, 1.165) is 4.47 Å². The first kappa shape index (κ1) is 10.1. The maximum absolute atomic E-state index is 11.1. The molecule has 0 unspecified atom stereocenters. The third-order valence-corrected chi connectivity index (χ3v) is 2.16. The van der Waals surface area contributed by atoms with Crippen molar-refractivity contribution in [3.05, 3.63) is 22.2 Å². The quantitative estimate of drug-likeness (QED) is 0.641. The number of carbonyl (C=O) groups is 1. The molecule has 3 nitrogen and oxygen atoms in total. The third-order valence-electron chi connectivity index (χ3n) is 1.71. The van der Waals surface area contributed by atoms with Crippen LogP contribution in [0.15, 0.2) is 16.6 Å². The zero-order chi connectivity index (χ0) is 10.0. The van der Waals surface area contributed by atoms with Crippen LogP contribution in [-0.2, 0) is 0 Å². The fourth-order valence-corrected chi connectivity index (χ4v) is 1.49. The minimum Gasteiger partial charge on any atom is -0.495 e. The van der Waals surface area contributed by atoms with Crippen LogP contribution in [0.3, 0.4) is 0 Å². The van der Waals surface area contributed by atoms with Gasteiger partial charge in [0.15, 0.2) is 5.78 Å². The first-order chi connectivity index (χ1) is 6.06. The molecule has 0 radical (unpaired) electrons. The SMILES string of the molecule is COc1cc(Br)cc(C(C)=O)c1N. The van der Waals surface area contributed by atoms with Crippen LogP contribution in [0.1, 0.15) is 17.3 Å². The number of Topliss-reactive ketones (excluding diaryl/α,β-unsaturated/α-hetero) is 1. The number of hydrogen-bond donors (Lipinski definition) is 1. The van der Waals surface area contributed by atoms with Crippen LogP contribution in [0.5, 0.6) is 5.75 Å². The highest BCUT2D eigenvalue weighted by molar-refractivity contribution is 9.10. The number of anilines is 1. The van der Waals surface area contributed by atoms with Crippen LogP contribution < -0.4 is 10.5 Å². The van der Waals surface area contributed by atoms with Crippen LogP contribution >= 0.6 is 15.9 Å². The molecule has 0 aliphatic carbocycles. The Kier molecular flexibility index (Phi) is 2.93.